The van der Waals surface area contributed by atoms with Crippen LogP contribution in [0, 0.1) is 0 Å². The minimum Gasteiger partial charge on any atom is -0.0912 e. The second-order valence-corrected chi connectivity index (χ2v) is 2.79. The van der Waals surface area contributed by atoms with Crippen molar-refractivity contribution in [2.45, 2.75) is 20.3 Å². The van der Waals surface area contributed by atoms with Crippen LogP contribution in [0.2, 0.25) is 0 Å². The molecule has 0 saturated heterocycles. The lowest BCUT2D eigenvalue weighted by molar-refractivity contribution is 1.20. The quantitative estimate of drug-likeness (QED) is 0.565. The second kappa shape index (κ2) is 3.38. The summed E-state index contributed by atoms with van der Waals surface area (Å²) >= 11 is 0. The number of benzene rings is 1. The Morgan fingerprint density at radius 1 is 1.36 bits per heavy atom. The van der Waals surface area contributed by atoms with E-state index in [1.807, 2.05) is 6.07 Å². The summed E-state index contributed by atoms with van der Waals surface area (Å²) in [7, 11) is 0. The molecule has 0 heterocycles. The van der Waals surface area contributed by atoms with Crippen LogP contribution in [0.4, 0.5) is 0 Å². The van der Waals surface area contributed by atoms with Crippen molar-refractivity contribution in [3.8, 4) is 0 Å². The molecule has 0 aromatic heterocycles. The van der Waals surface area contributed by atoms with Crippen molar-refractivity contribution in [2.24, 2.45) is 0 Å². The molecule has 0 heteroatoms. The fraction of sp³-hybridized carbons (Fsp3) is 0.273. The maximum absolute atomic E-state index is 3.97. The van der Waals surface area contributed by atoms with Crippen LogP contribution in [0.15, 0.2) is 24.3 Å². The van der Waals surface area contributed by atoms with Gasteiger partial charge in [0.05, 0.1) is 0 Å². The SMILES string of the molecule is C=c1ccccc1=C(C)CC. The van der Waals surface area contributed by atoms with Gasteiger partial charge in [0.1, 0.15) is 0 Å². The summed E-state index contributed by atoms with van der Waals surface area (Å²) in [5.41, 5.74) is 1.41. The monoisotopic (exact) mass is 146 g/mol. The molecule has 0 fully saturated rings. The van der Waals surface area contributed by atoms with E-state index < -0.39 is 0 Å². The zero-order valence-electron chi connectivity index (χ0n) is 7.22. The third-order valence-corrected chi connectivity index (χ3v) is 2.01. The fourth-order valence-corrected chi connectivity index (χ4v) is 1.13. The molecule has 0 bridgehead atoms. The Bertz CT molecular complexity index is 333. The molecule has 0 N–H and O–H groups in total. The second-order valence-electron chi connectivity index (χ2n) is 2.79. The summed E-state index contributed by atoms with van der Waals surface area (Å²) < 4.78 is 0. The van der Waals surface area contributed by atoms with Gasteiger partial charge >= 0.3 is 0 Å². The molecule has 0 unspecified atom stereocenters. The first-order valence-electron chi connectivity index (χ1n) is 3.99. The van der Waals surface area contributed by atoms with Gasteiger partial charge in [-0.2, -0.15) is 0 Å². The van der Waals surface area contributed by atoms with E-state index >= 15 is 0 Å². The van der Waals surface area contributed by atoms with Gasteiger partial charge in [-0.3, -0.25) is 0 Å². The first-order valence-corrected chi connectivity index (χ1v) is 3.99. The molecular weight excluding hydrogens is 132 g/mol. The highest BCUT2D eigenvalue weighted by Gasteiger charge is 1.86. The van der Waals surface area contributed by atoms with Crippen molar-refractivity contribution in [1.29, 1.82) is 0 Å². The summed E-state index contributed by atoms with van der Waals surface area (Å²) in [5, 5.41) is 2.43. The molecule has 0 saturated carbocycles. The summed E-state index contributed by atoms with van der Waals surface area (Å²) in [5.74, 6) is 0. The Labute approximate surface area is 67.9 Å². The Balaban J connectivity index is 3.46. The molecule has 1 aromatic rings. The highest BCUT2D eigenvalue weighted by Crippen LogP contribution is 1.93. The lowest BCUT2D eigenvalue weighted by Gasteiger charge is -1.94. The molecule has 11 heavy (non-hydrogen) atoms. The van der Waals surface area contributed by atoms with Gasteiger partial charge in [0, 0.05) is 0 Å². The zero-order chi connectivity index (χ0) is 8.27. The normalized spacial score (nSPS) is 12.9. The van der Waals surface area contributed by atoms with Crippen LogP contribution < -0.4 is 10.4 Å². The van der Waals surface area contributed by atoms with Crippen LogP contribution in [-0.2, 0) is 0 Å². The van der Waals surface area contributed by atoms with Gasteiger partial charge in [-0.1, -0.05) is 43.3 Å². The van der Waals surface area contributed by atoms with Gasteiger partial charge in [-0.15, -0.1) is 0 Å². The third-order valence-electron chi connectivity index (χ3n) is 2.01. The summed E-state index contributed by atoms with van der Waals surface area (Å²) in [6, 6.07) is 8.26. The molecule has 0 atom stereocenters. The molecule has 1 aromatic carbocycles. The van der Waals surface area contributed by atoms with Gasteiger partial charge < -0.3 is 0 Å². The van der Waals surface area contributed by atoms with E-state index in [2.05, 4.69) is 38.6 Å². The smallest absolute Gasteiger partial charge is 0.0201 e. The molecule has 58 valence electrons. The Kier molecular flexibility index (Phi) is 2.48. The van der Waals surface area contributed by atoms with Crippen LogP contribution in [0.1, 0.15) is 20.3 Å². The molecule has 0 spiro atoms. The zero-order valence-corrected chi connectivity index (χ0v) is 7.22. The molecule has 1 rings (SSSR count). The molecule has 0 aliphatic rings. The Morgan fingerprint density at radius 3 is 2.55 bits per heavy atom. The van der Waals surface area contributed by atoms with Crippen molar-refractivity contribution in [1.82, 2.24) is 0 Å². The highest BCUT2D eigenvalue weighted by atomic mass is 13.9. The summed E-state index contributed by atoms with van der Waals surface area (Å²) in [6.45, 7) is 8.29. The van der Waals surface area contributed by atoms with Crippen molar-refractivity contribution in [3.05, 3.63) is 34.7 Å². The number of hydrogen-bond donors (Lipinski definition) is 0. The van der Waals surface area contributed by atoms with Gasteiger partial charge in [0.25, 0.3) is 0 Å². The van der Waals surface area contributed by atoms with E-state index in [1.54, 1.807) is 0 Å². The standard InChI is InChI=1S/C11H14/c1-4-9(2)11-8-6-5-7-10(11)3/h5-8H,3-4H2,1-2H3. The van der Waals surface area contributed by atoms with E-state index in [9.17, 15) is 0 Å². The predicted molar refractivity (Wildman–Crippen MR) is 50.6 cm³/mol. The minimum absolute atomic E-state index is 1.10. The fourth-order valence-electron chi connectivity index (χ4n) is 1.13. The van der Waals surface area contributed by atoms with Gasteiger partial charge in [0.15, 0.2) is 0 Å². The first-order chi connectivity index (χ1) is 5.25. The molecule has 0 aliphatic carbocycles. The van der Waals surface area contributed by atoms with Crippen molar-refractivity contribution in [2.75, 3.05) is 0 Å². The molecular formula is C11H14. The molecule has 0 radical (unpaired) electrons. The average molecular weight is 146 g/mol. The third kappa shape index (κ3) is 1.70. The maximum atomic E-state index is 3.97. The Morgan fingerprint density at radius 2 is 2.00 bits per heavy atom. The van der Waals surface area contributed by atoms with Crippen LogP contribution in [0.3, 0.4) is 0 Å². The number of hydrogen-bond acceptors (Lipinski definition) is 0. The minimum atomic E-state index is 1.10. The van der Waals surface area contributed by atoms with Crippen LogP contribution in [0.5, 0.6) is 0 Å². The lowest BCUT2D eigenvalue weighted by Crippen LogP contribution is -2.23. The van der Waals surface area contributed by atoms with E-state index in [1.165, 1.54) is 10.8 Å². The van der Waals surface area contributed by atoms with E-state index in [-0.39, 0.29) is 0 Å². The topological polar surface area (TPSA) is 0 Å². The molecule has 0 nitrogen and oxygen atoms in total. The molecule has 0 amide bonds. The van der Waals surface area contributed by atoms with E-state index in [0.717, 1.165) is 11.6 Å². The molecule has 0 aliphatic heterocycles. The summed E-state index contributed by atoms with van der Waals surface area (Å²) in [4.78, 5) is 0. The largest absolute Gasteiger partial charge is 0.0912 e. The van der Waals surface area contributed by atoms with Crippen LogP contribution >= 0.6 is 0 Å². The van der Waals surface area contributed by atoms with Gasteiger partial charge in [-0.05, 0) is 23.8 Å². The van der Waals surface area contributed by atoms with Gasteiger partial charge in [-0.25, -0.2) is 0 Å². The van der Waals surface area contributed by atoms with Crippen molar-refractivity contribution >= 4 is 12.2 Å². The summed E-state index contributed by atoms with van der Waals surface area (Å²) in [6.07, 6.45) is 1.10. The Hall–Kier alpha value is -1.04. The highest BCUT2D eigenvalue weighted by molar-refractivity contribution is 5.41. The van der Waals surface area contributed by atoms with Crippen LogP contribution in [-0.4, -0.2) is 0 Å². The van der Waals surface area contributed by atoms with Crippen molar-refractivity contribution < 1.29 is 0 Å². The van der Waals surface area contributed by atoms with E-state index in [0.29, 0.717) is 0 Å². The predicted octanol–water partition coefficient (Wildman–Crippen LogP) is 1.68. The lowest BCUT2D eigenvalue weighted by atomic mass is 10.1. The van der Waals surface area contributed by atoms with Gasteiger partial charge in [0.2, 0.25) is 0 Å². The first kappa shape index (κ1) is 8.06. The van der Waals surface area contributed by atoms with Crippen molar-refractivity contribution in [3.63, 3.8) is 0 Å². The number of rotatable bonds is 1. The average Bonchev–Trinajstić information content (AvgIpc) is 2.04. The maximum Gasteiger partial charge on any atom is -0.0201 e. The van der Waals surface area contributed by atoms with E-state index in [4.69, 9.17) is 0 Å². The van der Waals surface area contributed by atoms with Crippen LogP contribution in [0.25, 0.3) is 12.2 Å².